The predicted octanol–water partition coefficient (Wildman–Crippen LogP) is 1.70. The van der Waals surface area contributed by atoms with Crippen LogP contribution in [0.5, 0.6) is 0 Å². The van der Waals surface area contributed by atoms with Crippen LogP contribution in [-0.2, 0) is 10.2 Å². The molecule has 1 N–H and O–H groups in total. The Hall–Kier alpha value is -1.35. The second-order valence-electron chi connectivity index (χ2n) is 5.50. The van der Waals surface area contributed by atoms with E-state index < -0.39 is 0 Å². The number of amides is 1. The second-order valence-corrected chi connectivity index (χ2v) is 5.50. The Balaban J connectivity index is 1.86. The molecule has 1 heterocycles. The molecule has 2 aliphatic rings. The van der Waals surface area contributed by atoms with Gasteiger partial charge in [0.05, 0.1) is 11.5 Å². The molecule has 2 fully saturated rings. The summed E-state index contributed by atoms with van der Waals surface area (Å²) in [6, 6.07) is 10.1. The first kappa shape index (κ1) is 11.7. The normalized spacial score (nSPS) is 25.8. The third-order valence-corrected chi connectivity index (χ3v) is 4.39. The van der Waals surface area contributed by atoms with Gasteiger partial charge in [-0.15, -0.1) is 0 Å². The molecule has 0 spiro atoms. The number of carbonyl (C=O) groups excluding carboxylic acids is 1. The van der Waals surface area contributed by atoms with Gasteiger partial charge in [0.25, 0.3) is 0 Å². The molecule has 3 rings (SSSR count). The van der Waals surface area contributed by atoms with Gasteiger partial charge in [-0.2, -0.15) is 0 Å². The molecule has 1 atom stereocenters. The van der Waals surface area contributed by atoms with Gasteiger partial charge in [-0.1, -0.05) is 36.8 Å². The Labute approximate surface area is 107 Å². The number of aliphatic hydroxyl groups is 1. The number of rotatable bonds is 2. The SMILES string of the molecule is O=C(N1CC[C@@H](O)C1)C1(c2ccccc2)CCC1. The van der Waals surface area contributed by atoms with Gasteiger partial charge < -0.3 is 10.0 Å². The molecule has 0 aromatic heterocycles. The van der Waals surface area contributed by atoms with E-state index in [1.165, 1.54) is 0 Å². The number of carbonyl (C=O) groups is 1. The average Bonchev–Trinajstić information content (AvgIpc) is 2.76. The molecule has 1 aliphatic heterocycles. The minimum atomic E-state index is -0.332. The van der Waals surface area contributed by atoms with Crippen molar-refractivity contribution in [2.24, 2.45) is 0 Å². The first-order valence-corrected chi connectivity index (χ1v) is 6.75. The van der Waals surface area contributed by atoms with Crippen molar-refractivity contribution in [2.75, 3.05) is 13.1 Å². The van der Waals surface area contributed by atoms with Gasteiger partial charge in [0.2, 0.25) is 5.91 Å². The number of hydrogen-bond acceptors (Lipinski definition) is 2. The summed E-state index contributed by atoms with van der Waals surface area (Å²) < 4.78 is 0. The second kappa shape index (κ2) is 4.39. The molecule has 0 radical (unpaired) electrons. The van der Waals surface area contributed by atoms with E-state index in [2.05, 4.69) is 12.1 Å². The number of nitrogens with zero attached hydrogens (tertiary/aromatic N) is 1. The smallest absolute Gasteiger partial charge is 0.233 e. The summed E-state index contributed by atoms with van der Waals surface area (Å²) in [7, 11) is 0. The third-order valence-electron chi connectivity index (χ3n) is 4.39. The molecule has 96 valence electrons. The molecule has 0 bridgehead atoms. The Morgan fingerprint density at radius 1 is 1.28 bits per heavy atom. The molecular weight excluding hydrogens is 226 g/mol. The van der Waals surface area contributed by atoms with Gasteiger partial charge in [0.15, 0.2) is 0 Å². The van der Waals surface area contributed by atoms with Crippen molar-refractivity contribution in [3.8, 4) is 0 Å². The van der Waals surface area contributed by atoms with Crippen LogP contribution >= 0.6 is 0 Å². The molecule has 1 saturated heterocycles. The minimum Gasteiger partial charge on any atom is -0.391 e. The third kappa shape index (κ3) is 1.74. The summed E-state index contributed by atoms with van der Waals surface area (Å²) in [5, 5.41) is 9.58. The Morgan fingerprint density at radius 2 is 2.00 bits per heavy atom. The van der Waals surface area contributed by atoms with E-state index in [9.17, 15) is 9.90 Å². The fraction of sp³-hybridized carbons (Fsp3) is 0.533. The van der Waals surface area contributed by atoms with Crippen LogP contribution in [0.25, 0.3) is 0 Å². The van der Waals surface area contributed by atoms with Gasteiger partial charge in [-0.05, 0) is 24.8 Å². The summed E-state index contributed by atoms with van der Waals surface area (Å²) in [5.74, 6) is 0.219. The molecule has 1 aromatic carbocycles. The zero-order valence-corrected chi connectivity index (χ0v) is 10.5. The van der Waals surface area contributed by atoms with Crippen molar-refractivity contribution in [1.82, 2.24) is 4.90 Å². The van der Waals surface area contributed by atoms with Crippen LogP contribution in [0.15, 0.2) is 30.3 Å². The quantitative estimate of drug-likeness (QED) is 0.861. The van der Waals surface area contributed by atoms with Crippen LogP contribution in [0.2, 0.25) is 0 Å². The van der Waals surface area contributed by atoms with E-state index in [0.29, 0.717) is 13.1 Å². The first-order valence-electron chi connectivity index (χ1n) is 6.75. The summed E-state index contributed by atoms with van der Waals surface area (Å²) in [5.41, 5.74) is 0.841. The number of β-amino-alcohol motifs (C(OH)–C–C–N with tert-alkyl or cyclic N) is 1. The molecule has 3 heteroatoms. The van der Waals surface area contributed by atoms with Crippen molar-refractivity contribution in [1.29, 1.82) is 0 Å². The van der Waals surface area contributed by atoms with Gasteiger partial charge in [-0.25, -0.2) is 0 Å². The van der Waals surface area contributed by atoms with E-state index in [1.807, 2.05) is 23.1 Å². The van der Waals surface area contributed by atoms with Gasteiger partial charge in [-0.3, -0.25) is 4.79 Å². The molecule has 1 amide bonds. The van der Waals surface area contributed by atoms with E-state index >= 15 is 0 Å². The molecular formula is C15H19NO2. The van der Waals surface area contributed by atoms with E-state index in [1.54, 1.807) is 0 Å². The fourth-order valence-corrected chi connectivity index (χ4v) is 3.14. The van der Waals surface area contributed by atoms with Crippen molar-refractivity contribution in [3.63, 3.8) is 0 Å². The lowest BCUT2D eigenvalue weighted by Crippen LogP contribution is -2.50. The fourth-order valence-electron chi connectivity index (χ4n) is 3.14. The molecule has 3 nitrogen and oxygen atoms in total. The van der Waals surface area contributed by atoms with E-state index in [0.717, 1.165) is 31.2 Å². The summed E-state index contributed by atoms with van der Waals surface area (Å²) >= 11 is 0. The van der Waals surface area contributed by atoms with Crippen molar-refractivity contribution >= 4 is 5.91 Å². The van der Waals surface area contributed by atoms with Crippen molar-refractivity contribution < 1.29 is 9.90 Å². The summed E-state index contributed by atoms with van der Waals surface area (Å²) in [4.78, 5) is 14.6. The molecule has 1 aromatic rings. The highest BCUT2D eigenvalue weighted by atomic mass is 16.3. The summed E-state index contributed by atoms with van der Waals surface area (Å²) in [6.07, 6.45) is 3.40. The Bertz CT molecular complexity index is 439. The lowest BCUT2D eigenvalue weighted by atomic mass is 9.63. The van der Waals surface area contributed by atoms with Crippen LogP contribution in [-0.4, -0.2) is 35.1 Å². The van der Waals surface area contributed by atoms with E-state index in [-0.39, 0.29) is 17.4 Å². The number of aliphatic hydroxyl groups excluding tert-OH is 1. The lowest BCUT2D eigenvalue weighted by Gasteiger charge is -2.43. The molecule has 0 unspecified atom stereocenters. The predicted molar refractivity (Wildman–Crippen MR) is 69.2 cm³/mol. The van der Waals surface area contributed by atoms with Crippen molar-refractivity contribution in [2.45, 2.75) is 37.2 Å². The van der Waals surface area contributed by atoms with Crippen LogP contribution in [0, 0.1) is 0 Å². The highest BCUT2D eigenvalue weighted by molar-refractivity contribution is 5.89. The molecule has 18 heavy (non-hydrogen) atoms. The highest BCUT2D eigenvalue weighted by Gasteiger charge is 2.48. The van der Waals surface area contributed by atoms with Crippen LogP contribution < -0.4 is 0 Å². The minimum absolute atomic E-state index is 0.219. The maximum absolute atomic E-state index is 12.7. The average molecular weight is 245 g/mol. The first-order chi connectivity index (χ1) is 8.72. The van der Waals surface area contributed by atoms with Gasteiger partial charge in [0.1, 0.15) is 0 Å². The maximum Gasteiger partial charge on any atom is 0.233 e. The topological polar surface area (TPSA) is 40.5 Å². The van der Waals surface area contributed by atoms with Gasteiger partial charge >= 0.3 is 0 Å². The zero-order chi connectivity index (χ0) is 12.6. The zero-order valence-electron chi connectivity index (χ0n) is 10.5. The largest absolute Gasteiger partial charge is 0.391 e. The molecule has 1 aliphatic carbocycles. The van der Waals surface area contributed by atoms with Crippen LogP contribution in [0.4, 0.5) is 0 Å². The van der Waals surface area contributed by atoms with Crippen molar-refractivity contribution in [3.05, 3.63) is 35.9 Å². The molecule has 1 saturated carbocycles. The monoisotopic (exact) mass is 245 g/mol. The van der Waals surface area contributed by atoms with Crippen LogP contribution in [0.3, 0.4) is 0 Å². The van der Waals surface area contributed by atoms with E-state index in [4.69, 9.17) is 0 Å². The highest BCUT2D eigenvalue weighted by Crippen LogP contribution is 2.45. The standard InChI is InChI=1S/C15H19NO2/c17-13-7-10-16(11-13)14(18)15(8-4-9-15)12-5-2-1-3-6-12/h1-3,5-6,13,17H,4,7-11H2/t13-/m1/s1. The lowest BCUT2D eigenvalue weighted by molar-refractivity contribution is -0.140. The Kier molecular flexibility index (Phi) is 2.86. The summed E-state index contributed by atoms with van der Waals surface area (Å²) in [6.45, 7) is 1.21. The number of likely N-dealkylation sites (tertiary alicyclic amines) is 1. The number of benzene rings is 1. The Morgan fingerprint density at radius 3 is 2.50 bits per heavy atom. The van der Waals surface area contributed by atoms with Gasteiger partial charge in [0, 0.05) is 13.1 Å². The maximum atomic E-state index is 12.7. The number of hydrogen-bond donors (Lipinski definition) is 1. The van der Waals surface area contributed by atoms with Crippen LogP contribution in [0.1, 0.15) is 31.2 Å².